The van der Waals surface area contributed by atoms with Crippen LogP contribution in [0.5, 0.6) is 0 Å². The van der Waals surface area contributed by atoms with E-state index in [0.29, 0.717) is 23.6 Å². The van der Waals surface area contributed by atoms with Crippen molar-refractivity contribution in [1.82, 2.24) is 20.1 Å². The number of carbonyl (C=O) groups is 1. The molecule has 1 amide bonds. The molecule has 2 aromatic carbocycles. The number of hydrogen-bond acceptors (Lipinski definition) is 5. The molecule has 0 aliphatic carbocycles. The minimum Gasteiger partial charge on any atom is -0.348 e. The summed E-state index contributed by atoms with van der Waals surface area (Å²) in [5.41, 5.74) is 2.77. The maximum Gasteiger partial charge on any atom is 0.251 e. The Labute approximate surface area is 182 Å². The third-order valence-electron chi connectivity index (χ3n) is 5.35. The summed E-state index contributed by atoms with van der Waals surface area (Å²) in [4.78, 5) is 17.2. The Morgan fingerprint density at radius 3 is 2.58 bits per heavy atom. The van der Waals surface area contributed by atoms with Crippen LogP contribution in [0.25, 0.3) is 0 Å². The number of nitrogens with zero attached hydrogens (tertiary/aromatic N) is 4. The zero-order valence-corrected chi connectivity index (χ0v) is 18.5. The molecule has 0 unspecified atom stereocenters. The van der Waals surface area contributed by atoms with E-state index in [2.05, 4.69) is 15.4 Å². The molecule has 2 heterocycles. The standard InChI is InChI=1S/C22H25N5O3S/c1-15(2)26-14-24-21(25-26)19-13-27(31(3,29)30)20-10-9-17(11-18(19)20)22(28)23-12-16-7-5-4-6-8-16/h4-11,14-15,19H,12-13H2,1-3H3,(H,23,28)/t19-/m1/s1. The third kappa shape index (κ3) is 4.32. The van der Waals surface area contributed by atoms with Crippen molar-refractivity contribution in [3.8, 4) is 0 Å². The van der Waals surface area contributed by atoms with Crippen LogP contribution < -0.4 is 9.62 Å². The quantitative estimate of drug-likeness (QED) is 0.637. The van der Waals surface area contributed by atoms with Gasteiger partial charge in [0.2, 0.25) is 10.0 Å². The lowest BCUT2D eigenvalue weighted by atomic mass is 9.98. The Morgan fingerprint density at radius 1 is 1.19 bits per heavy atom. The SMILES string of the molecule is CC(C)n1cnc([C@@H]2CN(S(C)(=O)=O)c3ccc(C(=O)NCc4ccccc4)cc32)n1. The van der Waals surface area contributed by atoms with Crippen molar-refractivity contribution in [3.05, 3.63) is 77.4 Å². The van der Waals surface area contributed by atoms with Crippen LogP contribution in [0.15, 0.2) is 54.9 Å². The summed E-state index contributed by atoms with van der Waals surface area (Å²) in [6, 6.07) is 14.9. The average molecular weight is 440 g/mol. The van der Waals surface area contributed by atoms with Crippen molar-refractivity contribution in [2.45, 2.75) is 32.4 Å². The highest BCUT2D eigenvalue weighted by Crippen LogP contribution is 2.40. The Kier molecular flexibility index (Phi) is 5.53. The monoisotopic (exact) mass is 439 g/mol. The van der Waals surface area contributed by atoms with E-state index in [1.165, 1.54) is 10.6 Å². The number of fused-ring (bicyclic) bond motifs is 1. The molecule has 1 atom stereocenters. The van der Waals surface area contributed by atoms with Crippen molar-refractivity contribution >= 4 is 21.6 Å². The number of benzene rings is 2. The van der Waals surface area contributed by atoms with Crippen LogP contribution >= 0.6 is 0 Å². The van der Waals surface area contributed by atoms with Gasteiger partial charge in [0.1, 0.15) is 6.33 Å². The van der Waals surface area contributed by atoms with E-state index in [9.17, 15) is 13.2 Å². The molecule has 0 fully saturated rings. The van der Waals surface area contributed by atoms with Crippen LogP contribution in [0.3, 0.4) is 0 Å². The number of amides is 1. The van der Waals surface area contributed by atoms with Gasteiger partial charge in [0.05, 0.1) is 17.9 Å². The van der Waals surface area contributed by atoms with Crippen LogP contribution in [0.2, 0.25) is 0 Å². The number of sulfonamides is 1. The number of aromatic nitrogens is 3. The molecule has 0 bridgehead atoms. The molecular formula is C22H25N5O3S. The molecule has 9 heteroatoms. The Hall–Kier alpha value is -3.20. The topological polar surface area (TPSA) is 97.2 Å². The van der Waals surface area contributed by atoms with Gasteiger partial charge in [0.15, 0.2) is 5.82 Å². The minimum absolute atomic E-state index is 0.142. The fourth-order valence-electron chi connectivity index (χ4n) is 3.68. The predicted octanol–water partition coefficient (Wildman–Crippen LogP) is 2.70. The molecule has 0 saturated heterocycles. The normalized spacial score (nSPS) is 15.9. The molecule has 0 spiro atoms. The van der Waals surface area contributed by atoms with Gasteiger partial charge in [0, 0.05) is 24.7 Å². The van der Waals surface area contributed by atoms with Crippen molar-refractivity contribution in [2.75, 3.05) is 17.1 Å². The summed E-state index contributed by atoms with van der Waals surface area (Å²) < 4.78 is 27.8. The largest absolute Gasteiger partial charge is 0.348 e. The lowest BCUT2D eigenvalue weighted by Gasteiger charge is -2.16. The fourth-order valence-corrected chi connectivity index (χ4v) is 4.62. The summed E-state index contributed by atoms with van der Waals surface area (Å²) >= 11 is 0. The van der Waals surface area contributed by atoms with Gasteiger partial charge in [-0.3, -0.25) is 13.8 Å². The molecule has 4 rings (SSSR count). The highest BCUT2D eigenvalue weighted by Gasteiger charge is 2.37. The summed E-state index contributed by atoms with van der Waals surface area (Å²) in [7, 11) is -3.48. The minimum atomic E-state index is -3.48. The first kappa shape index (κ1) is 21.0. The predicted molar refractivity (Wildman–Crippen MR) is 118 cm³/mol. The van der Waals surface area contributed by atoms with E-state index < -0.39 is 10.0 Å². The average Bonchev–Trinajstić information content (AvgIpc) is 3.37. The van der Waals surface area contributed by atoms with Gasteiger partial charge in [-0.05, 0) is 43.2 Å². The first-order valence-electron chi connectivity index (χ1n) is 10.1. The number of hydrogen-bond donors (Lipinski definition) is 1. The second-order valence-electron chi connectivity index (χ2n) is 7.97. The molecule has 0 radical (unpaired) electrons. The number of rotatable bonds is 6. The molecule has 1 aromatic heterocycles. The zero-order valence-electron chi connectivity index (χ0n) is 17.7. The van der Waals surface area contributed by atoms with Crippen LogP contribution in [0.4, 0.5) is 5.69 Å². The molecule has 0 saturated carbocycles. The van der Waals surface area contributed by atoms with Crippen LogP contribution in [-0.2, 0) is 16.6 Å². The van der Waals surface area contributed by atoms with E-state index >= 15 is 0 Å². The second-order valence-corrected chi connectivity index (χ2v) is 9.87. The molecule has 31 heavy (non-hydrogen) atoms. The highest BCUT2D eigenvalue weighted by atomic mass is 32.2. The van der Waals surface area contributed by atoms with Crippen molar-refractivity contribution in [1.29, 1.82) is 0 Å². The Morgan fingerprint density at radius 2 is 1.94 bits per heavy atom. The summed E-state index contributed by atoms with van der Waals surface area (Å²) in [5.74, 6) is -0.0154. The Bertz CT molecular complexity index is 1200. The maximum absolute atomic E-state index is 12.8. The van der Waals surface area contributed by atoms with Crippen LogP contribution in [0.1, 0.15) is 53.1 Å². The first-order chi connectivity index (χ1) is 14.7. The third-order valence-corrected chi connectivity index (χ3v) is 6.49. The van der Waals surface area contributed by atoms with Crippen LogP contribution in [-0.4, -0.2) is 41.9 Å². The first-order valence-corrected chi connectivity index (χ1v) is 11.9. The summed E-state index contributed by atoms with van der Waals surface area (Å²) in [6.45, 7) is 4.62. The molecule has 1 aliphatic heterocycles. The van der Waals surface area contributed by atoms with Gasteiger partial charge in [-0.15, -0.1) is 0 Å². The van der Waals surface area contributed by atoms with E-state index in [1.807, 2.05) is 44.2 Å². The summed E-state index contributed by atoms with van der Waals surface area (Å²) in [5, 5.41) is 7.46. The van der Waals surface area contributed by atoms with Crippen molar-refractivity contribution in [3.63, 3.8) is 0 Å². The smallest absolute Gasteiger partial charge is 0.251 e. The lowest BCUT2D eigenvalue weighted by molar-refractivity contribution is 0.0951. The number of anilines is 1. The fraction of sp³-hybridized carbons (Fsp3) is 0.318. The van der Waals surface area contributed by atoms with Crippen molar-refractivity contribution < 1.29 is 13.2 Å². The van der Waals surface area contributed by atoms with Gasteiger partial charge < -0.3 is 5.32 Å². The molecular weight excluding hydrogens is 414 g/mol. The lowest BCUT2D eigenvalue weighted by Crippen LogP contribution is -2.29. The van der Waals surface area contributed by atoms with Gasteiger partial charge in [-0.1, -0.05) is 30.3 Å². The number of nitrogens with one attached hydrogen (secondary N) is 1. The van der Waals surface area contributed by atoms with E-state index in [1.54, 1.807) is 29.2 Å². The van der Waals surface area contributed by atoms with Crippen molar-refractivity contribution in [2.24, 2.45) is 0 Å². The van der Waals surface area contributed by atoms with Gasteiger partial charge in [0.25, 0.3) is 5.91 Å². The Balaban J connectivity index is 1.65. The summed E-state index contributed by atoms with van der Waals surface area (Å²) in [6.07, 6.45) is 2.83. The second kappa shape index (κ2) is 8.14. The molecule has 162 valence electrons. The number of carbonyl (C=O) groups excluding carboxylic acids is 1. The van der Waals surface area contributed by atoms with E-state index in [4.69, 9.17) is 0 Å². The molecule has 1 N–H and O–H groups in total. The van der Waals surface area contributed by atoms with E-state index in [-0.39, 0.29) is 24.4 Å². The van der Waals surface area contributed by atoms with Gasteiger partial charge >= 0.3 is 0 Å². The molecule has 3 aromatic rings. The van der Waals surface area contributed by atoms with Crippen LogP contribution in [0, 0.1) is 0 Å². The molecule has 8 nitrogen and oxygen atoms in total. The van der Waals surface area contributed by atoms with E-state index in [0.717, 1.165) is 11.1 Å². The van der Waals surface area contributed by atoms with Gasteiger partial charge in [-0.2, -0.15) is 5.10 Å². The maximum atomic E-state index is 12.8. The van der Waals surface area contributed by atoms with Gasteiger partial charge in [-0.25, -0.2) is 13.4 Å². The molecule has 1 aliphatic rings. The highest BCUT2D eigenvalue weighted by molar-refractivity contribution is 7.92. The zero-order chi connectivity index (χ0) is 22.2.